The molecule has 9 aromatic rings. The Morgan fingerprint density at radius 3 is 1.34 bits per heavy atom. The minimum absolute atomic E-state index is 0.00667. The Bertz CT molecular complexity index is 3080. The number of aromatic nitrogens is 3. The van der Waals surface area contributed by atoms with Crippen LogP contribution in [-0.2, 0) is 16.2 Å². The van der Waals surface area contributed by atoms with Gasteiger partial charge in [-0.2, -0.15) is 0 Å². The van der Waals surface area contributed by atoms with Gasteiger partial charge in [0.05, 0.1) is 5.41 Å². The molecule has 0 atom stereocenters. The Morgan fingerprint density at radius 2 is 0.770 bits per heavy atom. The molecule has 0 N–H and O–H groups in total. The predicted octanol–water partition coefficient (Wildman–Crippen LogP) is 14.6. The van der Waals surface area contributed by atoms with Crippen LogP contribution in [0.15, 0.2) is 176 Å². The van der Waals surface area contributed by atoms with Crippen LogP contribution >= 0.6 is 0 Å². The largest absolute Gasteiger partial charge is 0.208 e. The second-order valence-corrected chi connectivity index (χ2v) is 18.8. The van der Waals surface area contributed by atoms with Crippen molar-refractivity contribution in [3.05, 3.63) is 209 Å². The fraction of sp³-hybridized carbons (Fsp3) is 0.155. The van der Waals surface area contributed by atoms with E-state index in [2.05, 4.69) is 181 Å². The highest BCUT2D eigenvalue weighted by molar-refractivity contribution is 6.09. The van der Waals surface area contributed by atoms with Gasteiger partial charge in [-0.15, -0.1) is 0 Å². The second kappa shape index (κ2) is 13.5. The molecule has 294 valence electrons. The molecule has 0 bridgehead atoms. The number of fused-ring (bicyclic) bond motifs is 11. The Kier molecular flexibility index (Phi) is 8.22. The molecule has 0 saturated heterocycles. The van der Waals surface area contributed by atoms with Crippen LogP contribution in [0.3, 0.4) is 0 Å². The Morgan fingerprint density at radius 1 is 0.328 bits per heavy atom. The Balaban J connectivity index is 1.17. The van der Waals surface area contributed by atoms with Crippen molar-refractivity contribution < 1.29 is 0 Å². The van der Waals surface area contributed by atoms with Crippen molar-refractivity contribution in [2.75, 3.05) is 0 Å². The highest BCUT2D eigenvalue weighted by Crippen LogP contribution is 2.65. The molecule has 0 amide bonds. The molecule has 0 unspecified atom stereocenters. The molecule has 1 heterocycles. The average Bonchev–Trinajstić information content (AvgIpc) is 3.75. The van der Waals surface area contributed by atoms with Crippen LogP contribution in [0.5, 0.6) is 0 Å². The Labute approximate surface area is 358 Å². The quantitative estimate of drug-likeness (QED) is 0.178. The van der Waals surface area contributed by atoms with Gasteiger partial charge in [-0.3, -0.25) is 0 Å². The van der Waals surface area contributed by atoms with Crippen molar-refractivity contribution in [2.24, 2.45) is 0 Å². The second-order valence-electron chi connectivity index (χ2n) is 18.8. The van der Waals surface area contributed by atoms with Gasteiger partial charge in [-0.1, -0.05) is 211 Å². The molecule has 0 radical (unpaired) electrons. The molecule has 61 heavy (non-hydrogen) atoms. The van der Waals surface area contributed by atoms with E-state index in [1.54, 1.807) is 0 Å². The topological polar surface area (TPSA) is 38.7 Å². The fourth-order valence-electron chi connectivity index (χ4n) is 10.0. The molecule has 3 heteroatoms. The van der Waals surface area contributed by atoms with Crippen molar-refractivity contribution in [3.63, 3.8) is 0 Å². The first-order valence-electron chi connectivity index (χ1n) is 21.4. The summed E-state index contributed by atoms with van der Waals surface area (Å²) in [6.07, 6.45) is 0. The molecule has 8 aromatic carbocycles. The predicted molar refractivity (Wildman–Crippen MR) is 253 cm³/mol. The van der Waals surface area contributed by atoms with E-state index in [1.165, 1.54) is 66.8 Å². The van der Waals surface area contributed by atoms with E-state index in [4.69, 9.17) is 15.0 Å². The number of hydrogen-bond acceptors (Lipinski definition) is 3. The molecule has 0 fully saturated rings. The summed E-state index contributed by atoms with van der Waals surface area (Å²) < 4.78 is 0. The van der Waals surface area contributed by atoms with E-state index in [1.807, 2.05) is 36.4 Å². The van der Waals surface area contributed by atoms with Gasteiger partial charge in [0.15, 0.2) is 17.5 Å². The smallest absolute Gasteiger partial charge is 0.164 e. The number of rotatable bonds is 4. The minimum Gasteiger partial charge on any atom is -0.208 e. The summed E-state index contributed by atoms with van der Waals surface area (Å²) in [7, 11) is 0. The van der Waals surface area contributed by atoms with Gasteiger partial charge in [-0.25, -0.2) is 15.0 Å². The molecule has 2 aliphatic rings. The van der Waals surface area contributed by atoms with Gasteiger partial charge in [0, 0.05) is 16.7 Å². The summed E-state index contributed by atoms with van der Waals surface area (Å²) in [4.78, 5) is 15.3. The lowest BCUT2D eigenvalue weighted by molar-refractivity contribution is 0.586. The summed E-state index contributed by atoms with van der Waals surface area (Å²) in [5.74, 6) is 1.96. The zero-order valence-electron chi connectivity index (χ0n) is 35.6. The molecule has 3 nitrogen and oxygen atoms in total. The van der Waals surface area contributed by atoms with Crippen LogP contribution in [0.2, 0.25) is 0 Å². The van der Waals surface area contributed by atoms with Crippen molar-refractivity contribution in [2.45, 2.75) is 57.8 Å². The van der Waals surface area contributed by atoms with Crippen LogP contribution in [0.4, 0.5) is 0 Å². The molecule has 0 saturated carbocycles. The molecule has 1 aromatic heterocycles. The summed E-state index contributed by atoms with van der Waals surface area (Å²) in [5, 5.41) is 2.26. The summed E-state index contributed by atoms with van der Waals surface area (Å²) in [5.41, 5.74) is 18.2. The third kappa shape index (κ3) is 5.67. The maximum Gasteiger partial charge on any atom is 0.164 e. The van der Waals surface area contributed by atoms with Crippen LogP contribution < -0.4 is 0 Å². The van der Waals surface area contributed by atoms with Gasteiger partial charge in [0.1, 0.15) is 0 Å². The lowest BCUT2D eigenvalue weighted by Gasteiger charge is -2.33. The first-order valence-corrected chi connectivity index (χ1v) is 21.4. The van der Waals surface area contributed by atoms with Gasteiger partial charge < -0.3 is 0 Å². The standard InChI is InChI=1S/C58H47N3/c1-56(2,3)38-28-30-43-44-31-29-39(57(4,5)6)35-51(44)58(50(43)34-38)48-26-16-15-24-47(48)52-45(25-17-27-49(52)58)42-32-33-46(41-23-14-13-22-40(41)42)55-60-53(36-18-9-7-10-19-36)59-54(61-55)37-20-11-8-12-21-37/h7-35H,1-6H3. The summed E-state index contributed by atoms with van der Waals surface area (Å²) in [6.45, 7) is 14.0. The van der Waals surface area contributed by atoms with E-state index < -0.39 is 5.41 Å². The first-order chi connectivity index (χ1) is 29.5. The van der Waals surface area contributed by atoms with Gasteiger partial charge in [0.25, 0.3) is 0 Å². The van der Waals surface area contributed by atoms with Crippen molar-refractivity contribution >= 4 is 10.8 Å². The zero-order chi connectivity index (χ0) is 41.7. The van der Waals surface area contributed by atoms with E-state index in [0.717, 1.165) is 27.5 Å². The molecular formula is C58H47N3. The van der Waals surface area contributed by atoms with Gasteiger partial charge >= 0.3 is 0 Å². The van der Waals surface area contributed by atoms with Crippen molar-refractivity contribution in [1.82, 2.24) is 15.0 Å². The monoisotopic (exact) mass is 785 g/mol. The third-order valence-corrected chi connectivity index (χ3v) is 13.1. The number of hydrogen-bond donors (Lipinski definition) is 0. The van der Waals surface area contributed by atoms with Gasteiger partial charge in [-0.05, 0) is 94.4 Å². The fourth-order valence-corrected chi connectivity index (χ4v) is 10.0. The molecule has 1 spiro atoms. The highest BCUT2D eigenvalue weighted by Gasteiger charge is 2.52. The summed E-state index contributed by atoms with van der Waals surface area (Å²) >= 11 is 0. The van der Waals surface area contributed by atoms with E-state index in [0.29, 0.717) is 17.5 Å². The maximum absolute atomic E-state index is 5.16. The van der Waals surface area contributed by atoms with E-state index in [-0.39, 0.29) is 10.8 Å². The molecular weight excluding hydrogens is 739 g/mol. The van der Waals surface area contributed by atoms with E-state index in [9.17, 15) is 0 Å². The first kappa shape index (κ1) is 37.1. The van der Waals surface area contributed by atoms with Crippen LogP contribution in [0, 0.1) is 0 Å². The van der Waals surface area contributed by atoms with Crippen molar-refractivity contribution in [1.29, 1.82) is 0 Å². The van der Waals surface area contributed by atoms with Crippen LogP contribution in [0.25, 0.3) is 78.3 Å². The van der Waals surface area contributed by atoms with Crippen LogP contribution in [0.1, 0.15) is 74.9 Å². The minimum atomic E-state index is -0.475. The molecule has 11 rings (SSSR count). The zero-order valence-corrected chi connectivity index (χ0v) is 35.6. The summed E-state index contributed by atoms with van der Waals surface area (Å²) in [6, 6.07) is 64.4. The van der Waals surface area contributed by atoms with Crippen molar-refractivity contribution in [3.8, 4) is 67.5 Å². The van der Waals surface area contributed by atoms with E-state index >= 15 is 0 Å². The SMILES string of the molecule is CC(C)(C)c1ccc2c(c1)C1(c3cc(C(C)(C)C)ccc3-2)c2ccccc2-c2c(-c3ccc(-c4nc(-c5ccccc5)nc(-c5ccccc5)n4)c4ccccc34)cccc21. The maximum atomic E-state index is 5.16. The Hall–Kier alpha value is -6.97. The average molecular weight is 786 g/mol. The number of benzene rings is 8. The molecule has 2 aliphatic carbocycles. The normalized spacial score (nSPS) is 13.5. The van der Waals surface area contributed by atoms with Crippen LogP contribution in [-0.4, -0.2) is 15.0 Å². The number of nitrogens with zero attached hydrogens (tertiary/aromatic N) is 3. The molecule has 0 aliphatic heterocycles. The van der Waals surface area contributed by atoms with Gasteiger partial charge in [0.2, 0.25) is 0 Å². The lowest BCUT2D eigenvalue weighted by Crippen LogP contribution is -2.27. The highest BCUT2D eigenvalue weighted by atomic mass is 15.0. The third-order valence-electron chi connectivity index (χ3n) is 13.1. The lowest BCUT2D eigenvalue weighted by atomic mass is 9.68.